The molecule has 1 atom stereocenters. The van der Waals surface area contributed by atoms with E-state index in [2.05, 4.69) is 29.4 Å². The Labute approximate surface area is 142 Å². The van der Waals surface area contributed by atoms with Gasteiger partial charge in [0, 0.05) is 6.20 Å². The second-order valence-electron chi connectivity index (χ2n) is 5.57. The van der Waals surface area contributed by atoms with Gasteiger partial charge in [-0.05, 0) is 43.5 Å². The highest BCUT2D eigenvalue weighted by atomic mass is 16.5. The summed E-state index contributed by atoms with van der Waals surface area (Å²) in [5.41, 5.74) is 1.39. The molecule has 1 unspecified atom stereocenters. The van der Waals surface area contributed by atoms with E-state index in [4.69, 9.17) is 9.47 Å². The predicted molar refractivity (Wildman–Crippen MR) is 92.5 cm³/mol. The summed E-state index contributed by atoms with van der Waals surface area (Å²) >= 11 is 0. The number of nitrogens with zero attached hydrogens (tertiary/aromatic N) is 1. The van der Waals surface area contributed by atoms with Crippen LogP contribution in [-0.4, -0.2) is 29.3 Å². The van der Waals surface area contributed by atoms with Crippen LogP contribution in [0, 0.1) is 0 Å². The third-order valence-corrected chi connectivity index (χ3v) is 3.48. The summed E-state index contributed by atoms with van der Waals surface area (Å²) < 4.78 is 11.5. The first-order chi connectivity index (χ1) is 11.7. The van der Waals surface area contributed by atoms with Crippen molar-refractivity contribution in [1.29, 1.82) is 0 Å². The Bertz CT molecular complexity index is 641. The molecular formula is C18H25N3O3. The van der Waals surface area contributed by atoms with Gasteiger partial charge in [0.2, 0.25) is 0 Å². The SMILES string of the molecule is CCCOc1ccc(C(C)NC(=O)c2ccn[nH]2)cc1OCCC. The van der Waals surface area contributed by atoms with Crippen molar-refractivity contribution in [3.05, 3.63) is 41.7 Å². The van der Waals surface area contributed by atoms with Crippen molar-refractivity contribution >= 4 is 5.91 Å². The number of nitrogens with one attached hydrogen (secondary N) is 2. The molecule has 0 radical (unpaired) electrons. The number of benzene rings is 1. The number of hydrogen-bond donors (Lipinski definition) is 2. The number of rotatable bonds is 9. The first-order valence-electron chi connectivity index (χ1n) is 8.35. The average molecular weight is 331 g/mol. The lowest BCUT2D eigenvalue weighted by atomic mass is 10.1. The van der Waals surface area contributed by atoms with Crippen LogP contribution >= 0.6 is 0 Å². The Kier molecular flexibility index (Phi) is 6.66. The zero-order valence-electron chi connectivity index (χ0n) is 14.5. The Balaban J connectivity index is 2.11. The molecule has 1 aromatic carbocycles. The second-order valence-corrected chi connectivity index (χ2v) is 5.57. The van der Waals surface area contributed by atoms with Crippen molar-refractivity contribution < 1.29 is 14.3 Å². The van der Waals surface area contributed by atoms with Crippen LogP contribution < -0.4 is 14.8 Å². The summed E-state index contributed by atoms with van der Waals surface area (Å²) in [4.78, 5) is 12.1. The largest absolute Gasteiger partial charge is 0.490 e. The summed E-state index contributed by atoms with van der Waals surface area (Å²) in [6.07, 6.45) is 3.41. The molecule has 24 heavy (non-hydrogen) atoms. The van der Waals surface area contributed by atoms with Crippen molar-refractivity contribution in [3.8, 4) is 11.5 Å². The number of aromatic amines is 1. The molecule has 2 rings (SSSR count). The molecule has 0 aliphatic heterocycles. The smallest absolute Gasteiger partial charge is 0.269 e. The number of H-pyrrole nitrogens is 1. The molecule has 6 nitrogen and oxygen atoms in total. The summed E-state index contributed by atoms with van der Waals surface area (Å²) in [6, 6.07) is 7.25. The second kappa shape index (κ2) is 8.96. The molecule has 1 amide bonds. The number of carbonyl (C=O) groups excluding carboxylic acids is 1. The van der Waals surface area contributed by atoms with Gasteiger partial charge in [-0.15, -0.1) is 0 Å². The van der Waals surface area contributed by atoms with Crippen LogP contribution in [0.15, 0.2) is 30.5 Å². The topological polar surface area (TPSA) is 76.2 Å². The highest BCUT2D eigenvalue weighted by molar-refractivity contribution is 5.92. The van der Waals surface area contributed by atoms with E-state index < -0.39 is 0 Å². The van der Waals surface area contributed by atoms with Crippen LogP contribution in [0.4, 0.5) is 0 Å². The van der Waals surface area contributed by atoms with Gasteiger partial charge in [-0.25, -0.2) is 0 Å². The van der Waals surface area contributed by atoms with E-state index in [0.29, 0.717) is 24.7 Å². The van der Waals surface area contributed by atoms with E-state index in [9.17, 15) is 4.79 Å². The molecule has 130 valence electrons. The maximum Gasteiger partial charge on any atom is 0.269 e. The Morgan fingerprint density at radius 3 is 2.50 bits per heavy atom. The molecule has 1 aromatic heterocycles. The summed E-state index contributed by atoms with van der Waals surface area (Å²) in [6.45, 7) is 7.33. The Morgan fingerprint density at radius 2 is 1.88 bits per heavy atom. The Hall–Kier alpha value is -2.50. The first kappa shape index (κ1) is 17.8. The van der Waals surface area contributed by atoms with Crippen LogP contribution in [0.25, 0.3) is 0 Å². The van der Waals surface area contributed by atoms with Gasteiger partial charge in [0.15, 0.2) is 11.5 Å². The zero-order chi connectivity index (χ0) is 17.4. The minimum absolute atomic E-state index is 0.162. The molecule has 0 saturated heterocycles. The molecule has 0 bridgehead atoms. The third-order valence-electron chi connectivity index (χ3n) is 3.48. The fraction of sp³-hybridized carbons (Fsp3) is 0.444. The minimum atomic E-state index is -0.192. The van der Waals surface area contributed by atoms with Crippen LogP contribution in [-0.2, 0) is 0 Å². The third kappa shape index (κ3) is 4.75. The molecule has 0 spiro atoms. The lowest BCUT2D eigenvalue weighted by molar-refractivity contribution is 0.0934. The summed E-state index contributed by atoms with van der Waals surface area (Å²) in [5, 5.41) is 9.39. The molecule has 0 aliphatic carbocycles. The van der Waals surface area contributed by atoms with Crippen molar-refractivity contribution in [1.82, 2.24) is 15.5 Å². The molecule has 0 fully saturated rings. The summed E-state index contributed by atoms with van der Waals surface area (Å²) in [7, 11) is 0. The number of amides is 1. The zero-order valence-corrected chi connectivity index (χ0v) is 14.5. The van der Waals surface area contributed by atoms with Crippen LogP contribution in [0.5, 0.6) is 11.5 Å². The van der Waals surface area contributed by atoms with Crippen molar-refractivity contribution in [2.45, 2.75) is 39.7 Å². The molecule has 1 heterocycles. The van der Waals surface area contributed by atoms with Gasteiger partial charge in [0.1, 0.15) is 5.69 Å². The number of hydrogen-bond acceptors (Lipinski definition) is 4. The highest BCUT2D eigenvalue weighted by Crippen LogP contribution is 2.31. The van der Waals surface area contributed by atoms with E-state index >= 15 is 0 Å². The van der Waals surface area contributed by atoms with E-state index in [0.717, 1.165) is 24.2 Å². The fourth-order valence-corrected chi connectivity index (χ4v) is 2.19. The maximum absolute atomic E-state index is 12.1. The van der Waals surface area contributed by atoms with Gasteiger partial charge in [0.25, 0.3) is 5.91 Å². The van der Waals surface area contributed by atoms with E-state index in [1.807, 2.05) is 25.1 Å². The van der Waals surface area contributed by atoms with E-state index in [1.54, 1.807) is 12.3 Å². The van der Waals surface area contributed by atoms with Crippen LogP contribution in [0.1, 0.15) is 55.7 Å². The molecular weight excluding hydrogens is 306 g/mol. The van der Waals surface area contributed by atoms with Crippen molar-refractivity contribution in [2.24, 2.45) is 0 Å². The van der Waals surface area contributed by atoms with Gasteiger partial charge in [-0.1, -0.05) is 19.9 Å². The quantitative estimate of drug-likeness (QED) is 0.737. The maximum atomic E-state index is 12.1. The molecule has 2 aromatic rings. The van der Waals surface area contributed by atoms with Gasteiger partial charge >= 0.3 is 0 Å². The standard InChI is InChI=1S/C18H25N3O3/c1-4-10-23-16-7-6-14(12-17(16)24-11-5-2)13(3)20-18(22)15-8-9-19-21-15/h6-9,12-13H,4-5,10-11H2,1-3H3,(H,19,21)(H,20,22). The van der Waals surface area contributed by atoms with Gasteiger partial charge in [-0.2, -0.15) is 5.10 Å². The van der Waals surface area contributed by atoms with Gasteiger partial charge in [-0.3, -0.25) is 9.89 Å². The predicted octanol–water partition coefficient (Wildman–Crippen LogP) is 3.48. The number of aromatic nitrogens is 2. The van der Waals surface area contributed by atoms with Crippen molar-refractivity contribution in [2.75, 3.05) is 13.2 Å². The van der Waals surface area contributed by atoms with Crippen LogP contribution in [0.2, 0.25) is 0 Å². The van der Waals surface area contributed by atoms with Gasteiger partial charge < -0.3 is 14.8 Å². The fourth-order valence-electron chi connectivity index (χ4n) is 2.19. The van der Waals surface area contributed by atoms with Crippen molar-refractivity contribution in [3.63, 3.8) is 0 Å². The van der Waals surface area contributed by atoms with Gasteiger partial charge in [0.05, 0.1) is 19.3 Å². The number of carbonyl (C=O) groups is 1. The van der Waals surface area contributed by atoms with E-state index in [-0.39, 0.29) is 11.9 Å². The molecule has 2 N–H and O–H groups in total. The average Bonchev–Trinajstić information content (AvgIpc) is 3.13. The number of ether oxygens (including phenoxy) is 2. The lowest BCUT2D eigenvalue weighted by Crippen LogP contribution is -2.27. The molecule has 6 heteroatoms. The first-order valence-corrected chi connectivity index (χ1v) is 8.35. The normalized spacial score (nSPS) is 11.8. The Morgan fingerprint density at radius 1 is 1.17 bits per heavy atom. The van der Waals surface area contributed by atoms with Crippen LogP contribution in [0.3, 0.4) is 0 Å². The highest BCUT2D eigenvalue weighted by Gasteiger charge is 2.15. The monoisotopic (exact) mass is 331 g/mol. The minimum Gasteiger partial charge on any atom is -0.490 e. The molecule has 0 aliphatic rings. The molecule has 0 saturated carbocycles. The lowest BCUT2D eigenvalue weighted by Gasteiger charge is -2.17. The van der Waals surface area contributed by atoms with E-state index in [1.165, 1.54) is 0 Å². The summed E-state index contributed by atoms with van der Waals surface area (Å²) in [5.74, 6) is 1.26.